The molecule has 4 rings (SSSR count). The van der Waals surface area contributed by atoms with E-state index in [9.17, 15) is 0 Å². The van der Waals surface area contributed by atoms with Crippen molar-refractivity contribution in [3.8, 4) is 0 Å². The smallest absolute Gasteiger partial charge is 0.113 e. The molecule has 1 aromatic heterocycles. The molecule has 0 radical (unpaired) electrons. The second kappa shape index (κ2) is 6.69. The first-order valence-corrected chi connectivity index (χ1v) is 8.97. The highest BCUT2D eigenvalue weighted by Gasteiger charge is 2.35. The summed E-state index contributed by atoms with van der Waals surface area (Å²) in [5.41, 5.74) is 0. The number of rotatable bonds is 4. The fourth-order valence-corrected chi connectivity index (χ4v) is 4.58. The minimum Gasteiger partial charge on any atom is -0.379 e. The SMILES string of the molecule is c1cn2c(n1)C(CNC1CCCC1C1COCCN1)CCC2. The van der Waals surface area contributed by atoms with Crippen LogP contribution in [-0.4, -0.2) is 47.9 Å². The van der Waals surface area contributed by atoms with Crippen molar-refractivity contribution >= 4 is 0 Å². The van der Waals surface area contributed by atoms with Crippen LogP contribution in [0.4, 0.5) is 0 Å². The standard InChI is InChI=1S/C17H28N4O/c1-4-14(16-12-22-10-7-18-16)15(5-1)20-11-13-3-2-8-21-9-6-19-17(13)21/h6,9,13-16,18,20H,1-5,7-8,10-12H2. The van der Waals surface area contributed by atoms with Crippen molar-refractivity contribution in [2.75, 3.05) is 26.3 Å². The van der Waals surface area contributed by atoms with Crippen LogP contribution in [0.3, 0.4) is 0 Å². The maximum absolute atomic E-state index is 5.67. The van der Waals surface area contributed by atoms with E-state index in [0.717, 1.165) is 38.8 Å². The molecule has 3 aliphatic rings. The first-order chi connectivity index (χ1) is 10.9. The van der Waals surface area contributed by atoms with Gasteiger partial charge in [-0.2, -0.15) is 0 Å². The molecule has 0 amide bonds. The number of imidazole rings is 1. The van der Waals surface area contributed by atoms with Crippen LogP contribution in [0, 0.1) is 5.92 Å². The van der Waals surface area contributed by atoms with Gasteiger partial charge in [0.25, 0.3) is 0 Å². The number of aryl methyl sites for hydroxylation is 1. The van der Waals surface area contributed by atoms with Crippen molar-refractivity contribution in [3.63, 3.8) is 0 Å². The lowest BCUT2D eigenvalue weighted by atomic mass is 9.92. The van der Waals surface area contributed by atoms with Gasteiger partial charge in [-0.1, -0.05) is 6.42 Å². The summed E-state index contributed by atoms with van der Waals surface area (Å²) in [6.07, 6.45) is 10.6. The number of ether oxygens (including phenoxy) is 1. The molecule has 3 heterocycles. The van der Waals surface area contributed by atoms with Crippen LogP contribution in [-0.2, 0) is 11.3 Å². The molecule has 0 aromatic carbocycles. The zero-order valence-corrected chi connectivity index (χ0v) is 13.3. The Labute approximate surface area is 132 Å². The minimum atomic E-state index is 0.544. The van der Waals surface area contributed by atoms with Crippen molar-refractivity contribution in [1.82, 2.24) is 20.2 Å². The highest BCUT2D eigenvalue weighted by molar-refractivity contribution is 5.05. The van der Waals surface area contributed by atoms with Gasteiger partial charge in [0.05, 0.1) is 13.2 Å². The summed E-state index contributed by atoms with van der Waals surface area (Å²) >= 11 is 0. The third-order valence-electron chi connectivity index (χ3n) is 5.73. The van der Waals surface area contributed by atoms with Gasteiger partial charge in [-0.05, 0) is 31.6 Å². The highest BCUT2D eigenvalue weighted by atomic mass is 16.5. The van der Waals surface area contributed by atoms with E-state index >= 15 is 0 Å². The minimum absolute atomic E-state index is 0.544. The van der Waals surface area contributed by atoms with E-state index in [1.807, 2.05) is 6.20 Å². The molecule has 22 heavy (non-hydrogen) atoms. The Bertz CT molecular complexity index is 483. The Morgan fingerprint density at radius 1 is 1.32 bits per heavy atom. The van der Waals surface area contributed by atoms with Gasteiger partial charge < -0.3 is 19.9 Å². The monoisotopic (exact) mass is 304 g/mol. The molecule has 1 aromatic rings. The van der Waals surface area contributed by atoms with Crippen LogP contribution >= 0.6 is 0 Å². The lowest BCUT2D eigenvalue weighted by Crippen LogP contribution is -2.51. The second-order valence-electron chi connectivity index (χ2n) is 7.06. The van der Waals surface area contributed by atoms with Crippen molar-refractivity contribution in [1.29, 1.82) is 0 Å². The number of hydrogen-bond donors (Lipinski definition) is 2. The topological polar surface area (TPSA) is 51.1 Å². The predicted molar refractivity (Wildman–Crippen MR) is 85.9 cm³/mol. The maximum Gasteiger partial charge on any atom is 0.113 e. The molecule has 2 fully saturated rings. The van der Waals surface area contributed by atoms with Crippen LogP contribution in [0.1, 0.15) is 43.8 Å². The summed E-state index contributed by atoms with van der Waals surface area (Å²) in [5, 5.41) is 7.54. The quantitative estimate of drug-likeness (QED) is 0.885. The number of nitrogens with one attached hydrogen (secondary N) is 2. The predicted octanol–water partition coefficient (Wildman–Crippen LogP) is 1.51. The number of hydrogen-bond acceptors (Lipinski definition) is 4. The van der Waals surface area contributed by atoms with Gasteiger partial charge in [0.15, 0.2) is 0 Å². The van der Waals surface area contributed by atoms with Crippen molar-refractivity contribution in [2.45, 2.75) is 56.7 Å². The molecular formula is C17H28N4O. The highest BCUT2D eigenvalue weighted by Crippen LogP contribution is 2.31. The Morgan fingerprint density at radius 2 is 2.32 bits per heavy atom. The second-order valence-corrected chi connectivity index (χ2v) is 7.06. The summed E-state index contributed by atoms with van der Waals surface area (Å²) in [5.74, 6) is 2.59. The van der Waals surface area contributed by atoms with Gasteiger partial charge in [0, 0.05) is 50.0 Å². The Morgan fingerprint density at radius 3 is 3.23 bits per heavy atom. The molecule has 0 bridgehead atoms. The van der Waals surface area contributed by atoms with E-state index < -0.39 is 0 Å². The molecule has 1 aliphatic carbocycles. The average molecular weight is 304 g/mol. The Balaban J connectivity index is 1.35. The van der Waals surface area contributed by atoms with E-state index in [0.29, 0.717) is 18.0 Å². The summed E-state index contributed by atoms with van der Waals surface area (Å²) in [6.45, 7) is 4.98. The van der Waals surface area contributed by atoms with Crippen LogP contribution in [0.5, 0.6) is 0 Å². The molecule has 4 unspecified atom stereocenters. The van der Waals surface area contributed by atoms with Crippen LogP contribution in [0.25, 0.3) is 0 Å². The fourth-order valence-electron chi connectivity index (χ4n) is 4.58. The fraction of sp³-hybridized carbons (Fsp3) is 0.824. The maximum atomic E-state index is 5.67. The molecule has 5 nitrogen and oxygen atoms in total. The molecule has 0 spiro atoms. The molecule has 2 aliphatic heterocycles. The first kappa shape index (κ1) is 14.7. The normalized spacial score (nSPS) is 35.5. The molecule has 1 saturated heterocycles. The van der Waals surface area contributed by atoms with E-state index in [4.69, 9.17) is 4.74 Å². The number of aromatic nitrogens is 2. The van der Waals surface area contributed by atoms with Crippen LogP contribution in [0.15, 0.2) is 12.4 Å². The van der Waals surface area contributed by atoms with Crippen molar-refractivity contribution in [3.05, 3.63) is 18.2 Å². The molecule has 5 heteroatoms. The summed E-state index contributed by atoms with van der Waals surface area (Å²) in [7, 11) is 0. The van der Waals surface area contributed by atoms with Crippen LogP contribution in [0.2, 0.25) is 0 Å². The Hall–Kier alpha value is -0.910. The average Bonchev–Trinajstić information content (AvgIpc) is 3.23. The largest absolute Gasteiger partial charge is 0.379 e. The molecule has 122 valence electrons. The molecule has 4 atom stereocenters. The molecular weight excluding hydrogens is 276 g/mol. The zero-order valence-electron chi connectivity index (χ0n) is 13.3. The van der Waals surface area contributed by atoms with Gasteiger partial charge in [-0.25, -0.2) is 4.98 Å². The van der Waals surface area contributed by atoms with E-state index in [-0.39, 0.29) is 0 Å². The van der Waals surface area contributed by atoms with Gasteiger partial charge in [0.2, 0.25) is 0 Å². The lowest BCUT2D eigenvalue weighted by Gasteiger charge is -2.34. The number of fused-ring (bicyclic) bond motifs is 1. The summed E-state index contributed by atoms with van der Waals surface area (Å²) in [6, 6.07) is 1.19. The van der Waals surface area contributed by atoms with Crippen molar-refractivity contribution < 1.29 is 4.74 Å². The van der Waals surface area contributed by atoms with Crippen molar-refractivity contribution in [2.24, 2.45) is 5.92 Å². The van der Waals surface area contributed by atoms with E-state index in [1.54, 1.807) is 0 Å². The lowest BCUT2D eigenvalue weighted by molar-refractivity contribution is 0.0524. The first-order valence-electron chi connectivity index (χ1n) is 8.97. The summed E-state index contributed by atoms with van der Waals surface area (Å²) < 4.78 is 8.00. The zero-order chi connectivity index (χ0) is 14.8. The number of morpholine rings is 1. The molecule has 1 saturated carbocycles. The third-order valence-corrected chi connectivity index (χ3v) is 5.73. The summed E-state index contributed by atoms with van der Waals surface area (Å²) in [4.78, 5) is 4.58. The van der Waals surface area contributed by atoms with Gasteiger partial charge in [0.1, 0.15) is 5.82 Å². The van der Waals surface area contributed by atoms with E-state index in [2.05, 4.69) is 26.4 Å². The van der Waals surface area contributed by atoms with E-state index in [1.165, 1.54) is 37.9 Å². The third kappa shape index (κ3) is 2.94. The number of nitrogens with zero attached hydrogens (tertiary/aromatic N) is 2. The van der Waals surface area contributed by atoms with Gasteiger partial charge in [-0.3, -0.25) is 0 Å². The van der Waals surface area contributed by atoms with Crippen LogP contribution < -0.4 is 10.6 Å². The molecule has 2 N–H and O–H groups in total. The Kier molecular flexibility index (Phi) is 4.46. The van der Waals surface area contributed by atoms with Gasteiger partial charge in [-0.15, -0.1) is 0 Å². The van der Waals surface area contributed by atoms with Gasteiger partial charge >= 0.3 is 0 Å².